The number of sulfonamides is 1. The molecule has 0 spiro atoms. The first-order chi connectivity index (χ1) is 9.45. The zero-order valence-corrected chi connectivity index (χ0v) is 13.4. The molecule has 0 aromatic carbocycles. The third kappa shape index (κ3) is 4.91. The van der Waals surface area contributed by atoms with Gasteiger partial charge in [0.05, 0.1) is 6.26 Å². The van der Waals surface area contributed by atoms with Gasteiger partial charge in [-0.2, -0.15) is 11.8 Å². The molecule has 2 aliphatic rings. The van der Waals surface area contributed by atoms with Crippen molar-refractivity contribution in [1.82, 2.24) is 14.9 Å². The maximum absolute atomic E-state index is 12.0. The Morgan fingerprint density at radius 3 is 2.65 bits per heavy atom. The van der Waals surface area contributed by atoms with Gasteiger partial charge in [0.2, 0.25) is 15.9 Å². The van der Waals surface area contributed by atoms with Crippen LogP contribution in [0.4, 0.5) is 0 Å². The van der Waals surface area contributed by atoms with Gasteiger partial charge in [0.1, 0.15) is 0 Å². The molecule has 116 valence electrons. The maximum Gasteiger partial charge on any atom is 0.221 e. The summed E-state index contributed by atoms with van der Waals surface area (Å²) >= 11 is 1.88. The Morgan fingerprint density at radius 2 is 2.10 bits per heavy atom. The smallest absolute Gasteiger partial charge is 0.221 e. The molecule has 2 aliphatic heterocycles. The van der Waals surface area contributed by atoms with E-state index in [1.165, 1.54) is 10.6 Å². The summed E-state index contributed by atoms with van der Waals surface area (Å²) in [5, 5.41) is 6.37. The van der Waals surface area contributed by atoms with Crippen LogP contribution in [0.5, 0.6) is 0 Å². The summed E-state index contributed by atoms with van der Waals surface area (Å²) < 4.78 is 24.3. The largest absolute Gasteiger partial charge is 0.353 e. The minimum absolute atomic E-state index is 0.0720. The molecule has 0 saturated carbocycles. The number of thioether (sulfide) groups is 1. The van der Waals surface area contributed by atoms with Gasteiger partial charge in [0.15, 0.2) is 0 Å². The van der Waals surface area contributed by atoms with E-state index in [4.69, 9.17) is 0 Å². The van der Waals surface area contributed by atoms with Crippen molar-refractivity contribution >= 4 is 27.7 Å². The van der Waals surface area contributed by atoms with E-state index in [0.29, 0.717) is 32.4 Å². The predicted octanol–water partition coefficient (Wildman–Crippen LogP) is -0.378. The first-order valence-electron chi connectivity index (χ1n) is 7.01. The Morgan fingerprint density at radius 1 is 1.40 bits per heavy atom. The normalized spacial score (nSPS) is 26.4. The molecule has 0 aromatic rings. The molecular formula is C12H23N3O3S2. The van der Waals surface area contributed by atoms with E-state index in [1.54, 1.807) is 0 Å². The number of nitrogens with one attached hydrogen (secondary N) is 2. The van der Waals surface area contributed by atoms with Crippen molar-refractivity contribution in [3.63, 3.8) is 0 Å². The summed E-state index contributed by atoms with van der Waals surface area (Å²) in [7, 11) is -3.09. The lowest BCUT2D eigenvalue weighted by Gasteiger charge is -2.31. The third-order valence-electron chi connectivity index (χ3n) is 3.72. The highest BCUT2D eigenvalue weighted by Gasteiger charge is 2.26. The highest BCUT2D eigenvalue weighted by atomic mass is 32.2. The number of carbonyl (C=O) groups is 1. The molecule has 8 heteroatoms. The van der Waals surface area contributed by atoms with Gasteiger partial charge in [0, 0.05) is 49.6 Å². The second kappa shape index (κ2) is 7.11. The molecule has 6 nitrogen and oxygen atoms in total. The summed E-state index contributed by atoms with van der Waals surface area (Å²) in [6, 6.07) is 0.376. The first kappa shape index (κ1) is 16.1. The van der Waals surface area contributed by atoms with Crippen molar-refractivity contribution in [3.8, 4) is 0 Å². The molecule has 2 N–H and O–H groups in total. The van der Waals surface area contributed by atoms with Crippen LogP contribution in [0, 0.1) is 0 Å². The summed E-state index contributed by atoms with van der Waals surface area (Å²) in [4.78, 5) is 12.0. The van der Waals surface area contributed by atoms with Crippen LogP contribution in [0.15, 0.2) is 0 Å². The highest BCUT2D eigenvalue weighted by molar-refractivity contribution is 7.99. The van der Waals surface area contributed by atoms with E-state index >= 15 is 0 Å². The van der Waals surface area contributed by atoms with E-state index in [0.717, 1.165) is 18.1 Å². The van der Waals surface area contributed by atoms with Gasteiger partial charge >= 0.3 is 0 Å². The second-order valence-corrected chi connectivity index (χ2v) is 8.57. The van der Waals surface area contributed by atoms with Gasteiger partial charge in [-0.15, -0.1) is 0 Å². The quantitative estimate of drug-likeness (QED) is 0.738. The number of hydrogen-bond donors (Lipinski definition) is 2. The molecule has 2 heterocycles. The van der Waals surface area contributed by atoms with Crippen molar-refractivity contribution in [2.45, 2.75) is 31.3 Å². The zero-order valence-electron chi connectivity index (χ0n) is 11.8. The fourth-order valence-corrected chi connectivity index (χ4v) is 4.42. The Bertz CT molecular complexity index is 427. The molecular weight excluding hydrogens is 298 g/mol. The minimum atomic E-state index is -3.09. The zero-order chi connectivity index (χ0) is 14.6. The van der Waals surface area contributed by atoms with Crippen LogP contribution >= 0.6 is 11.8 Å². The van der Waals surface area contributed by atoms with Crippen LogP contribution in [-0.4, -0.2) is 68.1 Å². The van der Waals surface area contributed by atoms with Crippen molar-refractivity contribution in [1.29, 1.82) is 0 Å². The van der Waals surface area contributed by atoms with Gasteiger partial charge in [-0.1, -0.05) is 0 Å². The van der Waals surface area contributed by atoms with Crippen LogP contribution in [0.3, 0.4) is 0 Å². The number of piperidine rings is 1. The van der Waals surface area contributed by atoms with Crippen LogP contribution in [0.1, 0.15) is 19.3 Å². The molecule has 2 fully saturated rings. The van der Waals surface area contributed by atoms with Crippen LogP contribution in [-0.2, 0) is 14.8 Å². The standard InChI is InChI=1S/C12H23N3O3S2/c1-20(17,18)15-5-2-10(3-6-15)14-12(16)8-11-9-19-7-4-13-11/h10-11,13H,2-9H2,1H3,(H,14,16). The van der Waals surface area contributed by atoms with E-state index in [-0.39, 0.29) is 18.0 Å². The van der Waals surface area contributed by atoms with Gasteiger partial charge in [0.25, 0.3) is 0 Å². The number of hydrogen-bond acceptors (Lipinski definition) is 5. The molecule has 2 saturated heterocycles. The fourth-order valence-electron chi connectivity index (χ4n) is 2.59. The molecule has 20 heavy (non-hydrogen) atoms. The Balaban J connectivity index is 1.70. The van der Waals surface area contributed by atoms with E-state index < -0.39 is 10.0 Å². The highest BCUT2D eigenvalue weighted by Crippen LogP contribution is 2.14. The predicted molar refractivity (Wildman–Crippen MR) is 81.3 cm³/mol. The van der Waals surface area contributed by atoms with Crippen molar-refractivity contribution in [2.24, 2.45) is 0 Å². The van der Waals surface area contributed by atoms with Gasteiger partial charge in [-0.05, 0) is 12.8 Å². The van der Waals surface area contributed by atoms with Crippen molar-refractivity contribution in [3.05, 3.63) is 0 Å². The molecule has 0 bridgehead atoms. The Kier molecular flexibility index (Phi) is 5.71. The monoisotopic (exact) mass is 321 g/mol. The molecule has 0 aliphatic carbocycles. The number of rotatable bonds is 4. The third-order valence-corrected chi connectivity index (χ3v) is 6.15. The lowest BCUT2D eigenvalue weighted by molar-refractivity contribution is -0.122. The minimum Gasteiger partial charge on any atom is -0.353 e. The maximum atomic E-state index is 12.0. The molecule has 1 unspecified atom stereocenters. The average Bonchev–Trinajstić information content (AvgIpc) is 2.39. The van der Waals surface area contributed by atoms with E-state index in [9.17, 15) is 13.2 Å². The van der Waals surface area contributed by atoms with Gasteiger partial charge in [-0.25, -0.2) is 12.7 Å². The van der Waals surface area contributed by atoms with Gasteiger partial charge in [-0.3, -0.25) is 4.79 Å². The molecule has 0 radical (unpaired) electrons. The number of nitrogens with zero attached hydrogens (tertiary/aromatic N) is 1. The Hall–Kier alpha value is -0.310. The van der Waals surface area contributed by atoms with Crippen LogP contribution in [0.25, 0.3) is 0 Å². The number of carbonyl (C=O) groups excluding carboxylic acids is 1. The average molecular weight is 321 g/mol. The summed E-state index contributed by atoms with van der Waals surface area (Å²) in [6.07, 6.45) is 3.15. The van der Waals surface area contributed by atoms with Crippen LogP contribution in [0.2, 0.25) is 0 Å². The van der Waals surface area contributed by atoms with Gasteiger partial charge < -0.3 is 10.6 Å². The Labute approximate surface area is 125 Å². The molecule has 1 atom stereocenters. The molecule has 0 aromatic heterocycles. The van der Waals surface area contributed by atoms with E-state index in [2.05, 4.69) is 10.6 Å². The van der Waals surface area contributed by atoms with Crippen molar-refractivity contribution < 1.29 is 13.2 Å². The lowest BCUT2D eigenvalue weighted by atomic mass is 10.1. The fraction of sp³-hybridized carbons (Fsp3) is 0.917. The topological polar surface area (TPSA) is 78.5 Å². The summed E-state index contributed by atoms with van der Waals surface area (Å²) in [5.41, 5.74) is 0. The van der Waals surface area contributed by atoms with Crippen molar-refractivity contribution in [2.75, 3.05) is 37.4 Å². The number of amides is 1. The first-order valence-corrected chi connectivity index (χ1v) is 10.0. The second-order valence-electron chi connectivity index (χ2n) is 5.43. The van der Waals surface area contributed by atoms with Crippen LogP contribution < -0.4 is 10.6 Å². The molecule has 2 rings (SSSR count). The molecule has 1 amide bonds. The lowest BCUT2D eigenvalue weighted by Crippen LogP contribution is -2.48. The van der Waals surface area contributed by atoms with E-state index in [1.807, 2.05) is 11.8 Å². The summed E-state index contributed by atoms with van der Waals surface area (Å²) in [6.45, 7) is 1.97. The summed E-state index contributed by atoms with van der Waals surface area (Å²) in [5.74, 6) is 2.17. The SMILES string of the molecule is CS(=O)(=O)N1CCC(NC(=O)CC2CSCCN2)CC1.